The van der Waals surface area contributed by atoms with Crippen molar-refractivity contribution < 1.29 is 9.59 Å². The Morgan fingerprint density at radius 3 is 2.50 bits per heavy atom. The van der Waals surface area contributed by atoms with Crippen LogP contribution in [0.25, 0.3) is 0 Å². The highest BCUT2D eigenvalue weighted by molar-refractivity contribution is 7.99. The minimum Gasteiger partial charge on any atom is -0.356 e. The van der Waals surface area contributed by atoms with Crippen molar-refractivity contribution in [1.29, 1.82) is 0 Å². The standard InChI is InChI=1S/C18H22N2O2S2/c21-17(10-4-11-20-18(22)16-9-5-13-24-16)19-12-6-14-23-15-7-2-1-3-8-15/h1-3,5,7-9,13H,4,6,10-12,14H2,(H,19,21)(H,20,22). The Morgan fingerprint density at radius 1 is 0.958 bits per heavy atom. The third-order valence-corrected chi connectivity index (χ3v) is 5.23. The number of amides is 2. The number of hydrogen-bond donors (Lipinski definition) is 2. The molecule has 1 heterocycles. The number of thiophene rings is 1. The van der Waals surface area contributed by atoms with E-state index in [1.165, 1.54) is 16.2 Å². The molecule has 2 amide bonds. The maximum Gasteiger partial charge on any atom is 0.261 e. The minimum atomic E-state index is -0.0663. The van der Waals surface area contributed by atoms with E-state index in [4.69, 9.17) is 0 Å². The number of thioether (sulfide) groups is 1. The van der Waals surface area contributed by atoms with Crippen LogP contribution < -0.4 is 10.6 Å². The highest BCUT2D eigenvalue weighted by Crippen LogP contribution is 2.17. The maximum absolute atomic E-state index is 11.7. The van der Waals surface area contributed by atoms with Crippen LogP contribution in [-0.2, 0) is 4.79 Å². The van der Waals surface area contributed by atoms with Crippen LogP contribution >= 0.6 is 23.1 Å². The average molecular weight is 363 g/mol. The van der Waals surface area contributed by atoms with E-state index in [1.807, 2.05) is 29.6 Å². The van der Waals surface area contributed by atoms with Crippen LogP contribution in [-0.4, -0.2) is 30.7 Å². The SMILES string of the molecule is O=C(CCCNC(=O)c1cccs1)NCCCSc1ccccc1. The molecule has 0 bridgehead atoms. The molecule has 0 aliphatic heterocycles. The van der Waals surface area contributed by atoms with Gasteiger partial charge in [-0.25, -0.2) is 0 Å². The van der Waals surface area contributed by atoms with Gasteiger partial charge in [-0.15, -0.1) is 23.1 Å². The molecule has 0 atom stereocenters. The van der Waals surface area contributed by atoms with Crippen LogP contribution in [0.15, 0.2) is 52.7 Å². The van der Waals surface area contributed by atoms with Crippen LogP contribution in [0, 0.1) is 0 Å². The van der Waals surface area contributed by atoms with Gasteiger partial charge >= 0.3 is 0 Å². The average Bonchev–Trinajstić information content (AvgIpc) is 3.14. The number of rotatable bonds is 10. The van der Waals surface area contributed by atoms with Gasteiger partial charge in [0.2, 0.25) is 5.91 Å². The lowest BCUT2D eigenvalue weighted by Crippen LogP contribution is -2.27. The van der Waals surface area contributed by atoms with Gasteiger partial charge in [-0.05, 0) is 42.2 Å². The van der Waals surface area contributed by atoms with Gasteiger partial charge in [-0.3, -0.25) is 9.59 Å². The van der Waals surface area contributed by atoms with Crippen LogP contribution in [0.5, 0.6) is 0 Å². The second-order valence-electron chi connectivity index (χ2n) is 5.20. The van der Waals surface area contributed by atoms with E-state index in [0.717, 1.165) is 12.2 Å². The van der Waals surface area contributed by atoms with Crippen molar-refractivity contribution >= 4 is 34.9 Å². The van der Waals surface area contributed by atoms with Crippen molar-refractivity contribution in [1.82, 2.24) is 10.6 Å². The summed E-state index contributed by atoms with van der Waals surface area (Å²) >= 11 is 3.21. The zero-order valence-electron chi connectivity index (χ0n) is 13.5. The predicted molar refractivity (Wildman–Crippen MR) is 101 cm³/mol. The zero-order valence-corrected chi connectivity index (χ0v) is 15.1. The quantitative estimate of drug-likeness (QED) is 0.502. The minimum absolute atomic E-state index is 0.0464. The van der Waals surface area contributed by atoms with Gasteiger partial charge in [0.25, 0.3) is 5.91 Å². The Balaban J connectivity index is 1.46. The lowest BCUT2D eigenvalue weighted by Gasteiger charge is -2.06. The summed E-state index contributed by atoms with van der Waals surface area (Å²) in [5.41, 5.74) is 0. The number of carbonyl (C=O) groups excluding carboxylic acids is 2. The van der Waals surface area contributed by atoms with Crippen molar-refractivity contribution in [2.24, 2.45) is 0 Å². The van der Waals surface area contributed by atoms with Gasteiger partial charge in [0.05, 0.1) is 4.88 Å². The molecule has 128 valence electrons. The first-order chi connectivity index (χ1) is 11.8. The maximum atomic E-state index is 11.7. The Labute approximate surface area is 151 Å². The summed E-state index contributed by atoms with van der Waals surface area (Å²) in [6.07, 6.45) is 2.04. The van der Waals surface area contributed by atoms with Crippen LogP contribution in [0.3, 0.4) is 0 Å². The van der Waals surface area contributed by atoms with Gasteiger partial charge in [0, 0.05) is 24.4 Å². The molecule has 0 unspecified atom stereocenters. The molecule has 4 nitrogen and oxygen atoms in total. The third-order valence-electron chi connectivity index (χ3n) is 3.27. The molecule has 24 heavy (non-hydrogen) atoms. The zero-order chi connectivity index (χ0) is 17.0. The molecule has 0 saturated carbocycles. The Hall–Kier alpha value is -1.79. The van der Waals surface area contributed by atoms with E-state index in [0.29, 0.717) is 30.8 Å². The second-order valence-corrected chi connectivity index (χ2v) is 7.32. The van der Waals surface area contributed by atoms with Crippen molar-refractivity contribution in [2.45, 2.75) is 24.2 Å². The fourth-order valence-electron chi connectivity index (χ4n) is 2.04. The molecule has 2 rings (SSSR count). The van der Waals surface area contributed by atoms with Gasteiger partial charge < -0.3 is 10.6 Å². The molecule has 0 fully saturated rings. The molecular formula is C18H22N2O2S2. The molecule has 0 aliphatic carbocycles. The first-order valence-corrected chi connectivity index (χ1v) is 9.88. The normalized spacial score (nSPS) is 10.3. The molecule has 0 radical (unpaired) electrons. The van der Waals surface area contributed by atoms with Crippen LogP contribution in [0.2, 0.25) is 0 Å². The van der Waals surface area contributed by atoms with Gasteiger partial charge in [0.15, 0.2) is 0 Å². The largest absolute Gasteiger partial charge is 0.356 e. The monoisotopic (exact) mass is 362 g/mol. The first-order valence-electron chi connectivity index (χ1n) is 8.02. The number of hydrogen-bond acceptors (Lipinski definition) is 4. The topological polar surface area (TPSA) is 58.2 Å². The lowest BCUT2D eigenvalue weighted by molar-refractivity contribution is -0.121. The summed E-state index contributed by atoms with van der Waals surface area (Å²) in [6, 6.07) is 13.9. The summed E-state index contributed by atoms with van der Waals surface area (Å²) in [7, 11) is 0. The van der Waals surface area contributed by atoms with Crippen molar-refractivity contribution in [3.05, 3.63) is 52.7 Å². The molecule has 1 aromatic carbocycles. The molecule has 6 heteroatoms. The molecule has 1 aromatic heterocycles. The fraction of sp³-hybridized carbons (Fsp3) is 0.333. The van der Waals surface area contributed by atoms with E-state index >= 15 is 0 Å². The number of nitrogens with one attached hydrogen (secondary N) is 2. The second kappa shape index (κ2) is 10.9. The van der Waals surface area contributed by atoms with E-state index in [2.05, 4.69) is 22.8 Å². The Kier molecular flexibility index (Phi) is 8.41. The predicted octanol–water partition coefficient (Wildman–Crippen LogP) is 3.56. The highest BCUT2D eigenvalue weighted by Gasteiger charge is 2.06. The summed E-state index contributed by atoms with van der Waals surface area (Å²) in [6.45, 7) is 1.22. The summed E-state index contributed by atoms with van der Waals surface area (Å²) in [5, 5.41) is 7.62. The van der Waals surface area contributed by atoms with Crippen LogP contribution in [0.4, 0.5) is 0 Å². The first kappa shape index (κ1) is 18.5. The van der Waals surface area contributed by atoms with Crippen LogP contribution in [0.1, 0.15) is 28.9 Å². The highest BCUT2D eigenvalue weighted by atomic mass is 32.2. The summed E-state index contributed by atoms with van der Waals surface area (Å²) in [5.74, 6) is 0.967. The summed E-state index contributed by atoms with van der Waals surface area (Å²) < 4.78 is 0. The van der Waals surface area contributed by atoms with Crippen molar-refractivity contribution in [3.63, 3.8) is 0 Å². The molecule has 0 saturated heterocycles. The molecular weight excluding hydrogens is 340 g/mol. The van der Waals surface area contributed by atoms with E-state index < -0.39 is 0 Å². The summed E-state index contributed by atoms with van der Waals surface area (Å²) in [4.78, 5) is 25.4. The van der Waals surface area contributed by atoms with E-state index in [-0.39, 0.29) is 11.8 Å². The van der Waals surface area contributed by atoms with Gasteiger partial charge in [0.1, 0.15) is 0 Å². The Bertz CT molecular complexity index is 615. The molecule has 0 aliphatic rings. The van der Waals surface area contributed by atoms with Gasteiger partial charge in [-0.2, -0.15) is 0 Å². The third kappa shape index (κ3) is 7.19. The van der Waals surface area contributed by atoms with Gasteiger partial charge in [-0.1, -0.05) is 24.3 Å². The van der Waals surface area contributed by atoms with Crippen molar-refractivity contribution in [3.8, 4) is 0 Å². The molecule has 2 N–H and O–H groups in total. The van der Waals surface area contributed by atoms with E-state index in [9.17, 15) is 9.59 Å². The number of benzene rings is 1. The van der Waals surface area contributed by atoms with Crippen molar-refractivity contribution in [2.75, 3.05) is 18.8 Å². The van der Waals surface area contributed by atoms with E-state index in [1.54, 1.807) is 17.8 Å². The fourth-order valence-corrected chi connectivity index (χ4v) is 3.55. The lowest BCUT2D eigenvalue weighted by atomic mass is 10.3. The number of carbonyl (C=O) groups is 2. The molecule has 0 spiro atoms. The smallest absolute Gasteiger partial charge is 0.261 e. The molecule has 2 aromatic rings. The Morgan fingerprint density at radius 2 is 1.75 bits per heavy atom.